The fraction of sp³-hybridized carbons (Fsp3) is 0.146. The highest BCUT2D eigenvalue weighted by atomic mass is 32.2. The Labute approximate surface area is 280 Å². The van der Waals surface area contributed by atoms with E-state index in [0.717, 1.165) is 16.7 Å². The molecule has 46 heavy (non-hydrogen) atoms. The largest absolute Gasteiger partial charge is 0.465 e. The van der Waals surface area contributed by atoms with Gasteiger partial charge in [-0.15, -0.1) is 23.5 Å². The van der Waals surface area contributed by atoms with Gasteiger partial charge in [0.15, 0.2) is 0 Å². The van der Waals surface area contributed by atoms with Gasteiger partial charge in [0.25, 0.3) is 0 Å². The van der Waals surface area contributed by atoms with E-state index >= 15 is 0 Å². The molecule has 0 aliphatic carbocycles. The van der Waals surface area contributed by atoms with Crippen LogP contribution in [0.4, 0.5) is 0 Å². The molecular weight excluding hydrogens is 603 g/mol. The monoisotopic (exact) mass is 637 g/mol. The third-order valence-corrected chi connectivity index (χ3v) is 11.2. The lowest BCUT2D eigenvalue weighted by molar-refractivity contribution is -0.149. The fourth-order valence-electron chi connectivity index (χ4n) is 6.36. The molecular formula is C41H35NO2S2. The molecule has 0 N–H and O–H groups in total. The number of hydrogen-bond acceptors (Lipinski definition) is 5. The number of hydrogen-bond donors (Lipinski definition) is 0. The van der Waals surface area contributed by atoms with Gasteiger partial charge in [0.1, 0.15) is 6.04 Å². The molecule has 0 saturated carbocycles. The van der Waals surface area contributed by atoms with Gasteiger partial charge in [0.05, 0.1) is 17.4 Å². The van der Waals surface area contributed by atoms with Gasteiger partial charge in [-0.05, 0) is 41.2 Å². The van der Waals surface area contributed by atoms with E-state index in [0.29, 0.717) is 13.0 Å². The second-order valence-electron chi connectivity index (χ2n) is 11.3. The normalized spacial score (nSPS) is 18.7. The van der Waals surface area contributed by atoms with Crippen molar-refractivity contribution in [2.45, 2.75) is 30.1 Å². The summed E-state index contributed by atoms with van der Waals surface area (Å²) in [6.07, 6.45) is 0.555. The number of rotatable bonds is 9. The third-order valence-electron chi connectivity index (χ3n) is 8.42. The molecule has 7 rings (SSSR count). The summed E-state index contributed by atoms with van der Waals surface area (Å²) in [5, 5.41) is -0.297. The summed E-state index contributed by atoms with van der Waals surface area (Å²) in [7, 11) is 0. The van der Waals surface area contributed by atoms with Gasteiger partial charge in [0.2, 0.25) is 0 Å². The highest BCUT2D eigenvalue weighted by molar-refractivity contribution is 8.12. The molecule has 2 unspecified atom stereocenters. The number of carbonyl (C=O) groups excluding carboxylic acids is 1. The van der Waals surface area contributed by atoms with Crippen molar-refractivity contribution in [3.05, 3.63) is 179 Å². The molecule has 0 saturated heterocycles. The minimum Gasteiger partial charge on any atom is -0.465 e. The van der Waals surface area contributed by atoms with E-state index in [-0.39, 0.29) is 16.7 Å². The van der Waals surface area contributed by atoms with Crippen LogP contribution in [0.15, 0.2) is 152 Å². The van der Waals surface area contributed by atoms with E-state index in [4.69, 9.17) is 4.74 Å². The summed E-state index contributed by atoms with van der Waals surface area (Å²) in [5.74, 6) is -0.186. The predicted octanol–water partition coefficient (Wildman–Crippen LogP) is 9.75. The summed E-state index contributed by atoms with van der Waals surface area (Å²) in [6, 6.07) is 52.6. The first kappa shape index (κ1) is 30.4. The molecule has 0 amide bonds. The maximum Gasteiger partial charge on any atom is 0.323 e. The van der Waals surface area contributed by atoms with Gasteiger partial charge in [-0.3, -0.25) is 9.69 Å². The zero-order valence-corrected chi connectivity index (χ0v) is 27.3. The first-order valence-electron chi connectivity index (χ1n) is 15.7. The molecule has 0 fully saturated rings. The lowest BCUT2D eigenvalue weighted by atomic mass is 9.95. The molecule has 5 aromatic carbocycles. The fourth-order valence-corrected chi connectivity index (χ4v) is 9.81. The van der Waals surface area contributed by atoms with Crippen LogP contribution in [0.5, 0.6) is 0 Å². The number of ether oxygens (including phenoxy) is 1. The van der Waals surface area contributed by atoms with E-state index in [1.165, 1.54) is 32.1 Å². The molecule has 2 heterocycles. The number of fused-ring (bicyclic) bond motifs is 2. The predicted molar refractivity (Wildman–Crippen MR) is 195 cm³/mol. The molecule has 5 aromatic rings. The van der Waals surface area contributed by atoms with E-state index in [9.17, 15) is 4.79 Å². The molecule has 0 radical (unpaired) electrons. The van der Waals surface area contributed by atoms with Gasteiger partial charge in [-0.1, -0.05) is 152 Å². The van der Waals surface area contributed by atoms with Gasteiger partial charge in [-0.25, -0.2) is 0 Å². The summed E-state index contributed by atoms with van der Waals surface area (Å²) in [6.45, 7) is 2.23. The Morgan fingerprint density at radius 2 is 0.957 bits per heavy atom. The van der Waals surface area contributed by atoms with Gasteiger partial charge < -0.3 is 4.74 Å². The van der Waals surface area contributed by atoms with E-state index < -0.39 is 6.04 Å². The number of esters is 1. The minimum atomic E-state index is -0.496. The maximum atomic E-state index is 14.2. The summed E-state index contributed by atoms with van der Waals surface area (Å²) >= 11 is 3.71. The molecule has 0 aromatic heterocycles. The molecule has 0 spiro atoms. The van der Waals surface area contributed by atoms with Crippen molar-refractivity contribution in [3.63, 3.8) is 0 Å². The average molecular weight is 638 g/mol. The number of thioether (sulfide) groups is 2. The van der Waals surface area contributed by atoms with E-state index in [1.807, 2.05) is 48.6 Å². The molecule has 2 aliphatic heterocycles. The lowest BCUT2D eigenvalue weighted by Crippen LogP contribution is -2.55. The van der Waals surface area contributed by atoms with Gasteiger partial charge in [-0.2, -0.15) is 0 Å². The number of carbonyl (C=O) groups is 1. The Morgan fingerprint density at radius 3 is 1.35 bits per heavy atom. The Balaban J connectivity index is 1.51. The van der Waals surface area contributed by atoms with Crippen LogP contribution >= 0.6 is 23.5 Å². The van der Waals surface area contributed by atoms with E-state index in [2.05, 4.69) is 138 Å². The van der Waals surface area contributed by atoms with Crippen molar-refractivity contribution in [3.8, 4) is 0 Å². The zero-order valence-electron chi connectivity index (χ0n) is 25.7. The van der Waals surface area contributed by atoms with Crippen molar-refractivity contribution in [1.29, 1.82) is 0 Å². The van der Waals surface area contributed by atoms with Crippen LogP contribution in [-0.4, -0.2) is 34.3 Å². The number of benzene rings is 5. The van der Waals surface area contributed by atoms with Crippen molar-refractivity contribution in [2.75, 3.05) is 6.61 Å². The van der Waals surface area contributed by atoms with E-state index in [1.54, 1.807) is 0 Å². The van der Waals surface area contributed by atoms with Gasteiger partial charge >= 0.3 is 5.97 Å². The standard InChI is InChI=1S/C41H35NO2S2/c1-2-44-41(43)34(28-29-18-8-3-9-19-29)42-39-35(30-20-10-4-11-21-30)37(32-24-14-6-15-25-32)45-40(42)36(31-22-12-5-13-23-31)38(46-39)33-26-16-7-17-27-33/h3-27,34,39-40H,2,28H2,1H3/t34-,39?,40?/m0/s1. The summed E-state index contributed by atoms with van der Waals surface area (Å²) in [4.78, 5) is 19.1. The molecule has 2 aliphatic rings. The van der Waals surface area contributed by atoms with Gasteiger partial charge in [0, 0.05) is 21.0 Å². The molecule has 2 bridgehead atoms. The summed E-state index contributed by atoms with van der Waals surface area (Å²) in [5.41, 5.74) is 8.25. The molecule has 5 heteroatoms. The van der Waals surface area contributed by atoms with Crippen LogP contribution in [0.2, 0.25) is 0 Å². The smallest absolute Gasteiger partial charge is 0.323 e. The quantitative estimate of drug-likeness (QED) is 0.150. The van der Waals surface area contributed by atoms with Crippen LogP contribution in [-0.2, 0) is 16.0 Å². The van der Waals surface area contributed by atoms with Crippen LogP contribution in [0.25, 0.3) is 21.0 Å². The first-order chi connectivity index (χ1) is 22.7. The Bertz CT molecular complexity index is 1740. The molecule has 3 nitrogen and oxygen atoms in total. The van der Waals surface area contributed by atoms with Crippen LogP contribution in [0, 0.1) is 0 Å². The topological polar surface area (TPSA) is 29.5 Å². The Hall–Kier alpha value is -4.29. The van der Waals surface area contributed by atoms with Crippen LogP contribution in [0.1, 0.15) is 34.7 Å². The maximum absolute atomic E-state index is 14.2. The second kappa shape index (κ2) is 14.0. The molecule has 3 atom stereocenters. The van der Waals surface area contributed by atoms with Crippen molar-refractivity contribution in [2.24, 2.45) is 0 Å². The average Bonchev–Trinajstić information content (AvgIpc) is 3.12. The summed E-state index contributed by atoms with van der Waals surface area (Å²) < 4.78 is 5.87. The first-order valence-corrected chi connectivity index (χ1v) is 17.5. The van der Waals surface area contributed by atoms with Crippen molar-refractivity contribution in [1.82, 2.24) is 4.90 Å². The van der Waals surface area contributed by atoms with Crippen LogP contribution in [0.3, 0.4) is 0 Å². The Kier molecular flexibility index (Phi) is 9.24. The highest BCUT2D eigenvalue weighted by Gasteiger charge is 2.50. The molecule has 228 valence electrons. The highest BCUT2D eigenvalue weighted by Crippen LogP contribution is 2.60. The van der Waals surface area contributed by atoms with Crippen LogP contribution < -0.4 is 0 Å². The van der Waals surface area contributed by atoms with Crippen molar-refractivity contribution < 1.29 is 9.53 Å². The SMILES string of the molecule is CCOC(=O)[C@H](Cc1ccccc1)N1C2SC(c3ccccc3)=C(c3ccccc3)C1SC(c1ccccc1)=C2c1ccccc1. The number of nitrogens with zero attached hydrogens (tertiary/aromatic N) is 1. The third kappa shape index (κ3) is 6.11. The Morgan fingerprint density at radius 1 is 0.587 bits per heavy atom. The lowest BCUT2D eigenvalue weighted by Gasteiger charge is -2.51. The minimum absolute atomic E-state index is 0.148. The van der Waals surface area contributed by atoms with Crippen molar-refractivity contribution >= 4 is 50.4 Å². The second-order valence-corrected chi connectivity index (χ2v) is 13.5. The zero-order chi connectivity index (χ0) is 31.3.